The number of benzene rings is 3. The van der Waals surface area contributed by atoms with Crippen molar-refractivity contribution in [3.05, 3.63) is 90.3 Å². The third kappa shape index (κ3) is 5.98. The molecule has 0 atom stereocenters. The number of para-hydroxylation sites is 4. The van der Waals surface area contributed by atoms with Gasteiger partial charge in [0.1, 0.15) is 18.2 Å². The lowest BCUT2D eigenvalue weighted by atomic mass is 9.96. The average Bonchev–Trinajstić information content (AvgIpc) is 3.26. The number of hydrogen-bond acceptors (Lipinski definition) is 5. The smallest absolute Gasteiger partial charge is 0.337 e. The minimum atomic E-state index is -1.06. The van der Waals surface area contributed by atoms with Crippen LogP contribution in [0.1, 0.15) is 29.0 Å². The van der Waals surface area contributed by atoms with Crippen molar-refractivity contribution >= 4 is 28.6 Å². The summed E-state index contributed by atoms with van der Waals surface area (Å²) in [5.74, 6) is 0.924. The van der Waals surface area contributed by atoms with Gasteiger partial charge in [0, 0.05) is 6.54 Å². The van der Waals surface area contributed by atoms with Crippen LogP contribution in [0.4, 0.5) is 5.69 Å². The van der Waals surface area contributed by atoms with E-state index >= 15 is 0 Å². The average molecular weight is 499 g/mol. The Bertz CT molecular complexity index is 1380. The Morgan fingerprint density at radius 1 is 0.946 bits per heavy atom. The summed E-state index contributed by atoms with van der Waals surface area (Å²) < 4.78 is 8.28. The fourth-order valence-corrected chi connectivity index (χ4v) is 4.86. The molecular weight excluding hydrogens is 468 g/mol. The van der Waals surface area contributed by atoms with Gasteiger partial charge in [0.25, 0.3) is 0 Å². The Morgan fingerprint density at radius 2 is 1.65 bits per heavy atom. The maximum Gasteiger partial charge on any atom is 0.337 e. The van der Waals surface area contributed by atoms with Crippen LogP contribution in [0.3, 0.4) is 0 Å². The number of aromatic carboxylic acids is 1. The zero-order valence-corrected chi connectivity index (χ0v) is 20.5. The molecule has 0 unspecified atom stereocenters. The first-order valence-electron chi connectivity index (χ1n) is 12.5. The molecule has 1 aliphatic heterocycles. The highest BCUT2D eigenvalue weighted by Crippen LogP contribution is 2.25. The molecule has 1 amide bonds. The number of likely N-dealkylation sites (tertiary alicyclic amines) is 1. The third-order valence-corrected chi connectivity index (χ3v) is 6.79. The first-order valence-corrected chi connectivity index (χ1v) is 12.5. The van der Waals surface area contributed by atoms with E-state index in [2.05, 4.69) is 20.9 Å². The quantitative estimate of drug-likeness (QED) is 0.348. The summed E-state index contributed by atoms with van der Waals surface area (Å²) in [6.45, 7) is 3.10. The molecule has 2 N–H and O–H groups in total. The van der Waals surface area contributed by atoms with E-state index in [9.17, 15) is 14.7 Å². The number of fused-ring (bicyclic) bond motifs is 1. The van der Waals surface area contributed by atoms with Crippen LogP contribution >= 0.6 is 0 Å². The molecule has 0 aliphatic carbocycles. The van der Waals surface area contributed by atoms with Gasteiger partial charge in [-0.15, -0.1) is 0 Å². The lowest BCUT2D eigenvalue weighted by Gasteiger charge is -2.32. The summed E-state index contributed by atoms with van der Waals surface area (Å²) in [5.41, 5.74) is 2.49. The fraction of sp³-hybridized carbons (Fsp3) is 0.276. The summed E-state index contributed by atoms with van der Waals surface area (Å²) in [6, 6.07) is 24.4. The highest BCUT2D eigenvalue weighted by Gasteiger charge is 2.23. The predicted octanol–water partition coefficient (Wildman–Crippen LogP) is 4.66. The van der Waals surface area contributed by atoms with E-state index in [1.165, 1.54) is 6.07 Å². The van der Waals surface area contributed by atoms with Crippen molar-refractivity contribution in [3.8, 4) is 5.75 Å². The van der Waals surface area contributed by atoms with Crippen LogP contribution in [-0.2, 0) is 17.9 Å². The molecule has 4 aromatic rings. The van der Waals surface area contributed by atoms with E-state index in [1.807, 2.05) is 48.5 Å². The van der Waals surface area contributed by atoms with Gasteiger partial charge < -0.3 is 19.7 Å². The number of hydrogen-bond donors (Lipinski definition) is 2. The van der Waals surface area contributed by atoms with Gasteiger partial charge in [-0.3, -0.25) is 9.69 Å². The number of carboxylic acid groups (broad SMARTS) is 1. The summed E-state index contributed by atoms with van der Waals surface area (Å²) in [6.07, 6.45) is 1.93. The van der Waals surface area contributed by atoms with E-state index in [0.717, 1.165) is 55.1 Å². The molecule has 8 heteroatoms. The Hall–Kier alpha value is -4.17. The van der Waals surface area contributed by atoms with Crippen molar-refractivity contribution in [1.82, 2.24) is 14.5 Å². The molecular formula is C29H30N4O4. The second kappa shape index (κ2) is 11.3. The number of carbonyl (C=O) groups excluding carboxylic acids is 1. The highest BCUT2D eigenvalue weighted by molar-refractivity contribution is 6.01. The number of nitrogens with one attached hydrogen (secondary N) is 1. The van der Waals surface area contributed by atoms with Crippen molar-refractivity contribution in [1.29, 1.82) is 0 Å². The summed E-state index contributed by atoms with van der Waals surface area (Å²) in [7, 11) is 0. The SMILES string of the molecule is O=C(CN1CCC(Cn2c(COc3ccccc3)nc3ccccc32)CC1)Nc1ccccc1C(=O)O. The number of imidazole rings is 1. The minimum Gasteiger partial charge on any atom is -0.486 e. The van der Waals surface area contributed by atoms with Crippen molar-refractivity contribution < 1.29 is 19.4 Å². The molecule has 37 heavy (non-hydrogen) atoms. The van der Waals surface area contributed by atoms with Gasteiger partial charge in [0.15, 0.2) is 0 Å². The Kier molecular flexibility index (Phi) is 7.46. The monoisotopic (exact) mass is 498 g/mol. The molecule has 190 valence electrons. The number of carboxylic acids is 1. The first-order chi connectivity index (χ1) is 18.1. The number of nitrogens with zero attached hydrogens (tertiary/aromatic N) is 3. The zero-order chi connectivity index (χ0) is 25.6. The van der Waals surface area contributed by atoms with E-state index in [1.54, 1.807) is 18.2 Å². The van der Waals surface area contributed by atoms with Gasteiger partial charge in [0.05, 0.1) is 28.8 Å². The molecule has 1 aliphatic rings. The van der Waals surface area contributed by atoms with Gasteiger partial charge in [-0.05, 0) is 68.2 Å². The van der Waals surface area contributed by atoms with E-state index in [0.29, 0.717) is 18.2 Å². The lowest BCUT2D eigenvalue weighted by molar-refractivity contribution is -0.117. The van der Waals surface area contributed by atoms with E-state index in [4.69, 9.17) is 9.72 Å². The van der Waals surface area contributed by atoms with Crippen molar-refractivity contribution in [2.24, 2.45) is 5.92 Å². The second-order valence-corrected chi connectivity index (χ2v) is 9.35. The molecule has 1 saturated heterocycles. The van der Waals surface area contributed by atoms with Crippen LogP contribution in [0.15, 0.2) is 78.9 Å². The van der Waals surface area contributed by atoms with Crippen molar-refractivity contribution in [3.63, 3.8) is 0 Å². The number of piperidine rings is 1. The van der Waals surface area contributed by atoms with E-state index < -0.39 is 5.97 Å². The molecule has 3 aromatic carbocycles. The van der Waals surface area contributed by atoms with Gasteiger partial charge in [-0.1, -0.05) is 42.5 Å². The van der Waals surface area contributed by atoms with Crippen molar-refractivity contribution in [2.45, 2.75) is 26.0 Å². The number of aromatic nitrogens is 2. The Labute approximate surface area is 215 Å². The number of carbonyl (C=O) groups is 2. The van der Waals surface area contributed by atoms with Crippen LogP contribution in [0.5, 0.6) is 5.75 Å². The maximum absolute atomic E-state index is 12.6. The Balaban J connectivity index is 1.19. The molecule has 2 heterocycles. The molecule has 0 radical (unpaired) electrons. The van der Waals surface area contributed by atoms with Gasteiger partial charge in [0.2, 0.25) is 5.91 Å². The standard InChI is InChI=1S/C29H30N4O4/c34-28(31-24-11-5-4-10-23(24)29(35)36)19-32-16-14-21(15-17-32)18-33-26-13-7-6-12-25(26)30-27(33)20-37-22-8-2-1-3-9-22/h1-13,21H,14-20H2,(H,31,34)(H,35,36). The largest absolute Gasteiger partial charge is 0.486 e. The normalized spacial score (nSPS) is 14.5. The highest BCUT2D eigenvalue weighted by atomic mass is 16.5. The first kappa shape index (κ1) is 24.5. The molecule has 0 bridgehead atoms. The fourth-order valence-electron chi connectivity index (χ4n) is 4.86. The lowest BCUT2D eigenvalue weighted by Crippen LogP contribution is -2.40. The number of amides is 1. The van der Waals surface area contributed by atoms with Gasteiger partial charge >= 0.3 is 5.97 Å². The summed E-state index contributed by atoms with van der Waals surface area (Å²) in [5, 5.41) is 12.1. The topological polar surface area (TPSA) is 96.7 Å². The van der Waals surface area contributed by atoms with Crippen LogP contribution in [0.25, 0.3) is 11.0 Å². The summed E-state index contributed by atoms with van der Waals surface area (Å²) in [4.78, 5) is 31.0. The van der Waals surface area contributed by atoms with Gasteiger partial charge in [-0.25, -0.2) is 9.78 Å². The van der Waals surface area contributed by atoms with E-state index in [-0.39, 0.29) is 18.0 Å². The maximum atomic E-state index is 12.6. The van der Waals surface area contributed by atoms with Gasteiger partial charge in [-0.2, -0.15) is 0 Å². The van der Waals surface area contributed by atoms with Crippen molar-refractivity contribution in [2.75, 3.05) is 25.0 Å². The number of anilines is 1. The molecule has 5 rings (SSSR count). The minimum absolute atomic E-state index is 0.0918. The van der Waals surface area contributed by atoms with Crippen LogP contribution in [0, 0.1) is 5.92 Å². The third-order valence-electron chi connectivity index (χ3n) is 6.79. The Morgan fingerprint density at radius 3 is 2.43 bits per heavy atom. The number of ether oxygens (including phenoxy) is 1. The zero-order valence-electron chi connectivity index (χ0n) is 20.5. The van der Waals surface area contributed by atoms with Crippen LogP contribution in [0.2, 0.25) is 0 Å². The summed E-state index contributed by atoms with van der Waals surface area (Å²) >= 11 is 0. The molecule has 1 fully saturated rings. The predicted molar refractivity (Wildman–Crippen MR) is 142 cm³/mol. The molecule has 0 spiro atoms. The molecule has 0 saturated carbocycles. The number of rotatable bonds is 9. The van der Waals surface area contributed by atoms with Crippen LogP contribution in [-0.4, -0.2) is 51.1 Å². The second-order valence-electron chi connectivity index (χ2n) is 9.35. The molecule has 8 nitrogen and oxygen atoms in total. The van der Waals surface area contributed by atoms with Crippen LogP contribution < -0.4 is 10.1 Å². The molecule has 1 aromatic heterocycles.